The molecule has 0 atom stereocenters. The number of rotatable bonds is 7. The number of aliphatic imine (C=N–C) groups is 1. The monoisotopic (exact) mass is 470 g/mol. The minimum absolute atomic E-state index is 0.164. The van der Waals surface area contributed by atoms with Crippen LogP contribution in [-0.2, 0) is 13.6 Å². The van der Waals surface area contributed by atoms with Gasteiger partial charge in [0, 0.05) is 25.8 Å². The third-order valence-electron chi connectivity index (χ3n) is 5.87. The van der Waals surface area contributed by atoms with Crippen LogP contribution >= 0.6 is 0 Å². The number of nitrogens with zero attached hydrogens (tertiary/aromatic N) is 5. The summed E-state index contributed by atoms with van der Waals surface area (Å²) in [7, 11) is 3.28. The van der Waals surface area contributed by atoms with E-state index in [1.807, 2.05) is 87.5 Å². The zero-order valence-corrected chi connectivity index (χ0v) is 20.7. The standard InChI is InChI=1S/C27H30N6O2/c1-6-10-22(28-4)20-15-13-19(14-16-20)17-32-24(29-21-11-8-7-9-12-21)23-25(30-32)33(18(2)3)27(35)31(5)26(23)34/h6-16,18,29H,17H2,1-5H3/b10-6-,28-22+. The highest BCUT2D eigenvalue weighted by Gasteiger charge is 2.22. The molecular weight excluding hydrogens is 440 g/mol. The molecule has 2 aromatic carbocycles. The Kier molecular flexibility index (Phi) is 6.82. The highest BCUT2D eigenvalue weighted by atomic mass is 16.2. The second-order valence-electron chi connectivity index (χ2n) is 8.61. The van der Waals surface area contributed by atoms with E-state index in [0.717, 1.165) is 27.1 Å². The maximum atomic E-state index is 13.3. The van der Waals surface area contributed by atoms with Crippen molar-refractivity contribution in [3.05, 3.63) is 98.7 Å². The maximum absolute atomic E-state index is 13.3. The summed E-state index contributed by atoms with van der Waals surface area (Å²) in [5.74, 6) is 0.551. The molecule has 0 radical (unpaired) electrons. The molecule has 4 aromatic rings. The van der Waals surface area contributed by atoms with Crippen molar-refractivity contribution in [2.75, 3.05) is 12.4 Å². The van der Waals surface area contributed by atoms with Gasteiger partial charge in [0.2, 0.25) is 0 Å². The van der Waals surface area contributed by atoms with Gasteiger partial charge in [0.25, 0.3) is 5.56 Å². The Morgan fingerprint density at radius 1 is 1.09 bits per heavy atom. The molecule has 2 aromatic heterocycles. The molecule has 0 fully saturated rings. The van der Waals surface area contributed by atoms with Crippen LogP contribution < -0.4 is 16.6 Å². The molecule has 0 aliphatic rings. The number of hydrogen-bond donors (Lipinski definition) is 1. The first-order valence-electron chi connectivity index (χ1n) is 11.6. The maximum Gasteiger partial charge on any atom is 0.332 e. The van der Waals surface area contributed by atoms with Gasteiger partial charge in [0.1, 0.15) is 11.2 Å². The minimum atomic E-state index is -0.381. The van der Waals surface area contributed by atoms with Gasteiger partial charge in [-0.25, -0.2) is 9.48 Å². The van der Waals surface area contributed by atoms with Gasteiger partial charge in [-0.3, -0.25) is 18.9 Å². The predicted molar refractivity (Wildman–Crippen MR) is 142 cm³/mol. The number of anilines is 2. The van der Waals surface area contributed by atoms with Crippen molar-refractivity contribution in [1.82, 2.24) is 18.9 Å². The molecule has 0 amide bonds. The van der Waals surface area contributed by atoms with Crippen molar-refractivity contribution >= 4 is 28.3 Å². The average Bonchev–Trinajstić information content (AvgIpc) is 3.19. The van der Waals surface area contributed by atoms with E-state index in [1.54, 1.807) is 16.3 Å². The molecule has 35 heavy (non-hydrogen) atoms. The fourth-order valence-corrected chi connectivity index (χ4v) is 4.10. The van der Waals surface area contributed by atoms with Crippen LogP contribution in [0.4, 0.5) is 11.5 Å². The van der Waals surface area contributed by atoms with Crippen molar-refractivity contribution in [3.63, 3.8) is 0 Å². The number of allylic oxidation sites excluding steroid dienone is 2. The molecule has 2 heterocycles. The largest absolute Gasteiger partial charge is 0.340 e. The molecule has 0 saturated carbocycles. The molecule has 0 bridgehead atoms. The van der Waals surface area contributed by atoms with Gasteiger partial charge in [-0.05, 0) is 50.1 Å². The summed E-state index contributed by atoms with van der Waals surface area (Å²) in [6, 6.07) is 17.5. The lowest BCUT2D eigenvalue weighted by Crippen LogP contribution is -2.38. The molecule has 0 saturated heterocycles. The van der Waals surface area contributed by atoms with E-state index in [2.05, 4.69) is 10.3 Å². The Bertz CT molecular complexity index is 1520. The number of para-hydroxylation sites is 1. The molecule has 1 N–H and O–H groups in total. The van der Waals surface area contributed by atoms with Crippen molar-refractivity contribution < 1.29 is 0 Å². The minimum Gasteiger partial charge on any atom is -0.340 e. The number of nitrogens with one attached hydrogen (secondary N) is 1. The van der Waals surface area contributed by atoms with Crippen LogP contribution in [0.25, 0.3) is 11.0 Å². The summed E-state index contributed by atoms with van der Waals surface area (Å²) in [4.78, 5) is 30.5. The van der Waals surface area contributed by atoms with Gasteiger partial charge in [0.05, 0.1) is 12.3 Å². The predicted octanol–water partition coefficient (Wildman–Crippen LogP) is 4.26. The molecule has 4 rings (SSSR count). The summed E-state index contributed by atoms with van der Waals surface area (Å²) in [6.45, 7) is 6.20. The summed E-state index contributed by atoms with van der Waals surface area (Å²) in [6.07, 6.45) is 3.93. The van der Waals surface area contributed by atoms with Gasteiger partial charge in [-0.1, -0.05) is 48.5 Å². The fourth-order valence-electron chi connectivity index (χ4n) is 4.10. The molecule has 8 nitrogen and oxygen atoms in total. The second kappa shape index (κ2) is 9.97. The highest BCUT2D eigenvalue weighted by Crippen LogP contribution is 2.26. The van der Waals surface area contributed by atoms with Gasteiger partial charge >= 0.3 is 5.69 Å². The normalized spacial score (nSPS) is 12.2. The molecule has 0 spiro atoms. The van der Waals surface area contributed by atoms with Crippen molar-refractivity contribution in [2.45, 2.75) is 33.4 Å². The Morgan fingerprint density at radius 2 is 1.77 bits per heavy atom. The highest BCUT2D eigenvalue weighted by molar-refractivity contribution is 6.08. The SMILES string of the molecule is C/C=C\C(=N/C)c1ccc(Cn2nc3c(c2Nc2ccccc2)c(=O)n(C)c(=O)n3C(C)C)cc1. The first kappa shape index (κ1) is 23.9. The second-order valence-corrected chi connectivity index (χ2v) is 8.61. The molecule has 180 valence electrons. The number of hydrogen-bond acceptors (Lipinski definition) is 5. The third kappa shape index (κ3) is 4.59. The van der Waals surface area contributed by atoms with Gasteiger partial charge in [0.15, 0.2) is 5.65 Å². The topological polar surface area (TPSA) is 86.2 Å². The van der Waals surface area contributed by atoms with Crippen LogP contribution in [0.5, 0.6) is 0 Å². The summed E-state index contributed by atoms with van der Waals surface area (Å²) >= 11 is 0. The van der Waals surface area contributed by atoms with E-state index in [-0.39, 0.29) is 17.3 Å². The van der Waals surface area contributed by atoms with E-state index in [1.165, 1.54) is 7.05 Å². The van der Waals surface area contributed by atoms with Gasteiger partial charge < -0.3 is 5.32 Å². The summed E-state index contributed by atoms with van der Waals surface area (Å²) < 4.78 is 4.47. The molecule has 0 unspecified atom stereocenters. The lowest BCUT2D eigenvalue weighted by atomic mass is 10.1. The molecule has 8 heteroatoms. The zero-order chi connectivity index (χ0) is 25.1. The van der Waals surface area contributed by atoms with Crippen molar-refractivity contribution in [2.24, 2.45) is 12.0 Å². The van der Waals surface area contributed by atoms with Crippen LogP contribution in [0.2, 0.25) is 0 Å². The number of aromatic nitrogens is 4. The first-order valence-corrected chi connectivity index (χ1v) is 11.6. The van der Waals surface area contributed by atoms with Crippen molar-refractivity contribution in [3.8, 4) is 0 Å². The van der Waals surface area contributed by atoms with E-state index in [4.69, 9.17) is 5.10 Å². The van der Waals surface area contributed by atoms with Crippen LogP contribution in [0.15, 0.2) is 81.3 Å². The average molecular weight is 471 g/mol. The Labute approximate surface area is 203 Å². The van der Waals surface area contributed by atoms with Crippen LogP contribution in [0, 0.1) is 0 Å². The van der Waals surface area contributed by atoms with Crippen molar-refractivity contribution in [1.29, 1.82) is 0 Å². The van der Waals surface area contributed by atoms with Gasteiger partial charge in [-0.2, -0.15) is 5.10 Å². The first-order chi connectivity index (χ1) is 16.8. The fraction of sp³-hybridized carbons (Fsp3) is 0.259. The number of benzene rings is 2. The van der Waals surface area contributed by atoms with E-state index < -0.39 is 0 Å². The summed E-state index contributed by atoms with van der Waals surface area (Å²) in [5, 5.41) is 8.51. The third-order valence-corrected chi connectivity index (χ3v) is 5.87. The molecule has 0 aliphatic heterocycles. The lowest BCUT2D eigenvalue weighted by molar-refractivity contribution is 0.547. The smallest absolute Gasteiger partial charge is 0.332 e. The number of fused-ring (bicyclic) bond motifs is 1. The molecular formula is C27H30N6O2. The van der Waals surface area contributed by atoms with Crippen LogP contribution in [-0.4, -0.2) is 31.7 Å². The Morgan fingerprint density at radius 3 is 2.37 bits per heavy atom. The zero-order valence-electron chi connectivity index (χ0n) is 20.7. The Balaban J connectivity index is 1.87. The Hall–Kier alpha value is -4.20. The van der Waals surface area contributed by atoms with E-state index >= 15 is 0 Å². The van der Waals surface area contributed by atoms with Crippen LogP contribution in [0.3, 0.4) is 0 Å². The lowest BCUT2D eigenvalue weighted by Gasteiger charge is -2.12. The van der Waals surface area contributed by atoms with E-state index in [9.17, 15) is 9.59 Å². The van der Waals surface area contributed by atoms with Crippen LogP contribution in [0.1, 0.15) is 37.9 Å². The summed E-state index contributed by atoms with van der Waals surface area (Å²) in [5.41, 5.74) is 3.36. The van der Waals surface area contributed by atoms with E-state index in [0.29, 0.717) is 23.4 Å². The quantitative estimate of drug-likeness (QED) is 0.409. The van der Waals surface area contributed by atoms with Gasteiger partial charge in [-0.15, -0.1) is 0 Å². The molecule has 0 aliphatic carbocycles.